The van der Waals surface area contributed by atoms with Crippen LogP contribution >= 0.6 is 0 Å². The van der Waals surface area contributed by atoms with Gasteiger partial charge in [0.2, 0.25) is 0 Å². The molecule has 1 heterocycles. The molecule has 104 valence electrons. The molecule has 4 heteroatoms. The molecule has 0 saturated heterocycles. The lowest BCUT2D eigenvalue weighted by Gasteiger charge is -2.31. The maximum absolute atomic E-state index is 6.04. The van der Waals surface area contributed by atoms with Crippen molar-refractivity contribution in [3.8, 4) is 0 Å². The lowest BCUT2D eigenvalue weighted by Crippen LogP contribution is -2.33. The molecule has 0 aromatic carbocycles. The quantitative estimate of drug-likeness (QED) is 0.735. The average molecular weight is 252 g/mol. The molecule has 0 aliphatic heterocycles. The van der Waals surface area contributed by atoms with Crippen LogP contribution in [0.3, 0.4) is 0 Å². The lowest BCUT2D eigenvalue weighted by molar-refractivity contribution is 0.242. The van der Waals surface area contributed by atoms with Crippen LogP contribution in [0.25, 0.3) is 0 Å². The highest BCUT2D eigenvalue weighted by Crippen LogP contribution is 2.31. The molecule has 0 amide bonds. The molecular formula is C14H28N4. The van der Waals surface area contributed by atoms with E-state index in [-0.39, 0.29) is 5.41 Å². The van der Waals surface area contributed by atoms with Gasteiger partial charge in [0.1, 0.15) is 12.2 Å². The number of nitrogens with two attached hydrogens (primary N) is 1. The van der Waals surface area contributed by atoms with Gasteiger partial charge in [0.25, 0.3) is 0 Å². The summed E-state index contributed by atoms with van der Waals surface area (Å²) in [4.78, 5) is 4.42. The first kappa shape index (κ1) is 15.2. The van der Waals surface area contributed by atoms with E-state index in [1.165, 1.54) is 19.3 Å². The zero-order valence-corrected chi connectivity index (χ0v) is 12.2. The molecule has 0 aliphatic rings. The van der Waals surface area contributed by atoms with Crippen LogP contribution in [0.1, 0.15) is 58.7 Å². The lowest BCUT2D eigenvalue weighted by atomic mass is 9.77. The van der Waals surface area contributed by atoms with Crippen LogP contribution in [0, 0.1) is 5.41 Å². The van der Waals surface area contributed by atoms with E-state index in [4.69, 9.17) is 5.73 Å². The molecule has 1 aromatic heterocycles. The third-order valence-corrected chi connectivity index (χ3v) is 3.91. The SMILES string of the molecule is CCCCC(CC)(CN)Cc1ncnn1CCC. The second kappa shape index (κ2) is 7.52. The van der Waals surface area contributed by atoms with E-state index < -0.39 is 0 Å². The summed E-state index contributed by atoms with van der Waals surface area (Å²) < 4.78 is 2.03. The number of nitrogens with zero attached hydrogens (tertiary/aromatic N) is 3. The average Bonchev–Trinajstić information content (AvgIpc) is 2.82. The predicted octanol–water partition coefficient (Wildman–Crippen LogP) is 2.78. The smallest absolute Gasteiger partial charge is 0.138 e. The van der Waals surface area contributed by atoms with Gasteiger partial charge in [-0.25, -0.2) is 4.98 Å². The minimum atomic E-state index is 0.203. The molecule has 0 saturated carbocycles. The monoisotopic (exact) mass is 252 g/mol. The van der Waals surface area contributed by atoms with Gasteiger partial charge in [-0.05, 0) is 31.2 Å². The summed E-state index contributed by atoms with van der Waals surface area (Å²) in [5, 5.41) is 4.30. The molecule has 2 N–H and O–H groups in total. The van der Waals surface area contributed by atoms with Crippen LogP contribution in [0.15, 0.2) is 6.33 Å². The van der Waals surface area contributed by atoms with Gasteiger partial charge in [-0.3, -0.25) is 4.68 Å². The summed E-state index contributed by atoms with van der Waals surface area (Å²) in [5.74, 6) is 1.10. The Bertz CT molecular complexity index is 328. The molecule has 1 rings (SSSR count). The predicted molar refractivity (Wildman–Crippen MR) is 75.3 cm³/mol. The number of hydrogen-bond donors (Lipinski definition) is 1. The Morgan fingerprint density at radius 1 is 1.28 bits per heavy atom. The van der Waals surface area contributed by atoms with Gasteiger partial charge in [-0.2, -0.15) is 5.10 Å². The van der Waals surface area contributed by atoms with Crippen LogP contribution in [0.5, 0.6) is 0 Å². The van der Waals surface area contributed by atoms with E-state index in [0.717, 1.165) is 38.2 Å². The van der Waals surface area contributed by atoms with Gasteiger partial charge in [0, 0.05) is 13.0 Å². The van der Waals surface area contributed by atoms with E-state index in [2.05, 4.69) is 30.9 Å². The molecule has 1 unspecified atom stereocenters. The zero-order chi connectivity index (χ0) is 13.4. The maximum atomic E-state index is 6.04. The first-order chi connectivity index (χ1) is 8.71. The molecule has 18 heavy (non-hydrogen) atoms. The number of aromatic nitrogens is 3. The second-order valence-electron chi connectivity index (χ2n) is 5.24. The van der Waals surface area contributed by atoms with E-state index in [9.17, 15) is 0 Å². The van der Waals surface area contributed by atoms with Crippen molar-refractivity contribution in [2.45, 2.75) is 65.8 Å². The van der Waals surface area contributed by atoms with Crippen molar-refractivity contribution in [1.29, 1.82) is 0 Å². The molecule has 0 aliphatic carbocycles. The van der Waals surface area contributed by atoms with Crippen molar-refractivity contribution < 1.29 is 0 Å². The van der Waals surface area contributed by atoms with Crippen LogP contribution in [-0.2, 0) is 13.0 Å². The fourth-order valence-corrected chi connectivity index (χ4v) is 2.42. The first-order valence-electron chi connectivity index (χ1n) is 7.28. The summed E-state index contributed by atoms with van der Waals surface area (Å²) in [6.07, 6.45) is 8.49. The molecule has 0 bridgehead atoms. The minimum Gasteiger partial charge on any atom is -0.330 e. The van der Waals surface area contributed by atoms with Gasteiger partial charge >= 0.3 is 0 Å². The molecular weight excluding hydrogens is 224 g/mol. The normalized spacial score (nSPS) is 14.7. The van der Waals surface area contributed by atoms with Crippen molar-refractivity contribution in [2.75, 3.05) is 6.54 Å². The topological polar surface area (TPSA) is 56.7 Å². The molecule has 0 radical (unpaired) electrons. The fraction of sp³-hybridized carbons (Fsp3) is 0.857. The number of rotatable bonds is 9. The highest BCUT2D eigenvalue weighted by atomic mass is 15.3. The number of unbranched alkanes of at least 4 members (excludes halogenated alkanes) is 1. The standard InChI is InChI=1S/C14H28N4/c1-4-7-8-14(6-3,11-15)10-13-16-12-17-18(13)9-5-2/h12H,4-11,15H2,1-3H3. The summed E-state index contributed by atoms with van der Waals surface area (Å²) >= 11 is 0. The molecule has 1 aromatic rings. The van der Waals surface area contributed by atoms with E-state index in [0.29, 0.717) is 0 Å². The van der Waals surface area contributed by atoms with E-state index in [1.807, 2.05) is 4.68 Å². The van der Waals surface area contributed by atoms with Crippen LogP contribution in [-0.4, -0.2) is 21.3 Å². The highest BCUT2D eigenvalue weighted by molar-refractivity contribution is 4.94. The molecule has 1 atom stereocenters. The number of aryl methyl sites for hydroxylation is 1. The number of hydrogen-bond acceptors (Lipinski definition) is 3. The highest BCUT2D eigenvalue weighted by Gasteiger charge is 2.28. The van der Waals surface area contributed by atoms with Gasteiger partial charge in [-0.1, -0.05) is 33.6 Å². The Morgan fingerprint density at radius 2 is 2.06 bits per heavy atom. The van der Waals surface area contributed by atoms with E-state index >= 15 is 0 Å². The van der Waals surface area contributed by atoms with Crippen LogP contribution in [0.4, 0.5) is 0 Å². The van der Waals surface area contributed by atoms with Crippen molar-refractivity contribution in [1.82, 2.24) is 14.8 Å². The maximum Gasteiger partial charge on any atom is 0.138 e. The summed E-state index contributed by atoms with van der Waals surface area (Å²) in [7, 11) is 0. The van der Waals surface area contributed by atoms with Crippen molar-refractivity contribution in [3.05, 3.63) is 12.2 Å². The van der Waals surface area contributed by atoms with Crippen molar-refractivity contribution in [2.24, 2.45) is 11.1 Å². The first-order valence-corrected chi connectivity index (χ1v) is 7.28. The molecule has 4 nitrogen and oxygen atoms in total. The van der Waals surface area contributed by atoms with Gasteiger partial charge < -0.3 is 5.73 Å². The van der Waals surface area contributed by atoms with Crippen molar-refractivity contribution >= 4 is 0 Å². The van der Waals surface area contributed by atoms with Crippen LogP contribution in [0.2, 0.25) is 0 Å². The zero-order valence-electron chi connectivity index (χ0n) is 12.2. The largest absolute Gasteiger partial charge is 0.330 e. The third kappa shape index (κ3) is 3.80. The Morgan fingerprint density at radius 3 is 2.61 bits per heavy atom. The van der Waals surface area contributed by atoms with Gasteiger partial charge in [0.05, 0.1) is 0 Å². The van der Waals surface area contributed by atoms with Crippen molar-refractivity contribution in [3.63, 3.8) is 0 Å². The van der Waals surface area contributed by atoms with Crippen LogP contribution < -0.4 is 5.73 Å². The summed E-state index contributed by atoms with van der Waals surface area (Å²) in [6, 6.07) is 0. The minimum absolute atomic E-state index is 0.203. The Balaban J connectivity index is 2.78. The molecule has 0 fully saturated rings. The molecule has 0 spiro atoms. The fourth-order valence-electron chi connectivity index (χ4n) is 2.42. The summed E-state index contributed by atoms with van der Waals surface area (Å²) in [6.45, 7) is 8.33. The summed E-state index contributed by atoms with van der Waals surface area (Å²) in [5.41, 5.74) is 6.25. The Labute approximate surface area is 111 Å². The Kier molecular flexibility index (Phi) is 6.33. The van der Waals surface area contributed by atoms with Gasteiger partial charge in [0.15, 0.2) is 0 Å². The second-order valence-corrected chi connectivity index (χ2v) is 5.24. The third-order valence-electron chi connectivity index (χ3n) is 3.91. The Hall–Kier alpha value is -0.900. The van der Waals surface area contributed by atoms with E-state index in [1.54, 1.807) is 6.33 Å². The van der Waals surface area contributed by atoms with Gasteiger partial charge in [-0.15, -0.1) is 0 Å².